The second-order valence-electron chi connectivity index (χ2n) is 6.84. The quantitative estimate of drug-likeness (QED) is 0.910. The number of amides is 1. The van der Waals surface area contributed by atoms with E-state index in [4.69, 9.17) is 0 Å². The number of fused-ring (bicyclic) bond motifs is 1. The van der Waals surface area contributed by atoms with Crippen LogP contribution in [0.2, 0.25) is 0 Å². The first kappa shape index (κ1) is 15.1. The fraction of sp³-hybridized carbons (Fsp3) is 0.588. The molecule has 5 nitrogen and oxygen atoms in total. The second-order valence-corrected chi connectivity index (χ2v) is 8.73. The van der Waals surface area contributed by atoms with Crippen LogP contribution in [0.3, 0.4) is 0 Å². The molecule has 0 aromatic heterocycles. The summed E-state index contributed by atoms with van der Waals surface area (Å²) < 4.78 is 27.4. The third-order valence-corrected chi connectivity index (χ3v) is 7.01. The zero-order valence-corrected chi connectivity index (χ0v) is 13.9. The van der Waals surface area contributed by atoms with E-state index in [-0.39, 0.29) is 11.9 Å². The summed E-state index contributed by atoms with van der Waals surface area (Å²) in [5.41, 5.74) is 2.40. The summed E-state index contributed by atoms with van der Waals surface area (Å²) in [6.07, 6.45) is 6.45. The maximum absolute atomic E-state index is 13.0. The lowest BCUT2D eigenvalue weighted by molar-refractivity contribution is -0.124. The molecule has 23 heavy (non-hydrogen) atoms. The molecule has 1 saturated carbocycles. The molecule has 0 bridgehead atoms. The van der Waals surface area contributed by atoms with Crippen molar-refractivity contribution in [3.05, 3.63) is 29.3 Å². The highest BCUT2D eigenvalue weighted by Gasteiger charge is 2.41. The molecule has 1 amide bonds. The standard InChI is InChI=1S/C17H22N2O3S/c20-17(18-14-7-8-14)16-5-2-10-19(16)23(21,22)15-9-6-12-3-1-4-13(12)11-15/h6,9,11,14,16H,1-5,7-8,10H2,(H,18,20)/t16-/m1/s1. The summed E-state index contributed by atoms with van der Waals surface area (Å²) in [6.45, 7) is 0.433. The summed E-state index contributed by atoms with van der Waals surface area (Å²) >= 11 is 0. The lowest BCUT2D eigenvalue weighted by Crippen LogP contribution is -2.46. The molecular weight excluding hydrogens is 312 g/mol. The molecule has 2 aliphatic carbocycles. The normalized spacial score (nSPS) is 24.6. The van der Waals surface area contributed by atoms with Crippen LogP contribution in [0.15, 0.2) is 23.1 Å². The van der Waals surface area contributed by atoms with Crippen molar-refractivity contribution >= 4 is 15.9 Å². The van der Waals surface area contributed by atoms with Crippen molar-refractivity contribution < 1.29 is 13.2 Å². The van der Waals surface area contributed by atoms with Crippen LogP contribution < -0.4 is 5.32 Å². The van der Waals surface area contributed by atoms with Gasteiger partial charge in [0.05, 0.1) is 4.90 Å². The van der Waals surface area contributed by atoms with Gasteiger partial charge in [-0.1, -0.05) is 6.07 Å². The van der Waals surface area contributed by atoms with E-state index >= 15 is 0 Å². The Hall–Kier alpha value is -1.40. The van der Waals surface area contributed by atoms with Gasteiger partial charge in [-0.2, -0.15) is 4.31 Å². The molecule has 3 aliphatic rings. The van der Waals surface area contributed by atoms with Crippen LogP contribution >= 0.6 is 0 Å². The molecule has 0 unspecified atom stereocenters. The molecule has 2 fully saturated rings. The van der Waals surface area contributed by atoms with E-state index in [0.717, 1.165) is 44.1 Å². The van der Waals surface area contributed by atoms with E-state index in [9.17, 15) is 13.2 Å². The number of hydrogen-bond donors (Lipinski definition) is 1. The Morgan fingerprint density at radius 3 is 2.65 bits per heavy atom. The predicted octanol–water partition coefficient (Wildman–Crippen LogP) is 1.61. The van der Waals surface area contributed by atoms with E-state index in [1.807, 2.05) is 12.1 Å². The van der Waals surface area contributed by atoms with Crippen LogP contribution in [-0.2, 0) is 27.7 Å². The number of nitrogens with one attached hydrogen (secondary N) is 1. The van der Waals surface area contributed by atoms with Gasteiger partial charge in [-0.05, 0) is 68.2 Å². The summed E-state index contributed by atoms with van der Waals surface area (Å²) in [4.78, 5) is 12.7. The average molecular weight is 334 g/mol. The Kier molecular flexibility index (Phi) is 3.69. The molecule has 6 heteroatoms. The maximum atomic E-state index is 13.0. The van der Waals surface area contributed by atoms with E-state index < -0.39 is 16.1 Å². The zero-order valence-electron chi connectivity index (χ0n) is 13.1. The van der Waals surface area contributed by atoms with E-state index in [1.54, 1.807) is 6.07 Å². The molecule has 4 rings (SSSR count). The predicted molar refractivity (Wildman–Crippen MR) is 86.5 cm³/mol. The van der Waals surface area contributed by atoms with Gasteiger partial charge in [0.15, 0.2) is 0 Å². The Morgan fingerprint density at radius 1 is 1.09 bits per heavy atom. The first-order valence-electron chi connectivity index (χ1n) is 8.50. The minimum Gasteiger partial charge on any atom is -0.352 e. The molecule has 1 N–H and O–H groups in total. The van der Waals surface area contributed by atoms with Gasteiger partial charge in [-0.3, -0.25) is 4.79 Å². The number of carbonyl (C=O) groups excluding carboxylic acids is 1. The zero-order chi connectivity index (χ0) is 16.0. The van der Waals surface area contributed by atoms with Crippen LogP contribution in [0.25, 0.3) is 0 Å². The molecule has 1 atom stereocenters. The van der Waals surface area contributed by atoms with Gasteiger partial charge in [0.1, 0.15) is 6.04 Å². The van der Waals surface area contributed by atoms with Crippen molar-refractivity contribution in [1.82, 2.24) is 9.62 Å². The summed E-state index contributed by atoms with van der Waals surface area (Å²) in [5, 5.41) is 2.95. The third kappa shape index (κ3) is 2.78. The van der Waals surface area contributed by atoms with Gasteiger partial charge in [-0.25, -0.2) is 8.42 Å². The highest BCUT2D eigenvalue weighted by Crippen LogP contribution is 2.30. The summed E-state index contributed by atoms with van der Waals surface area (Å²) in [7, 11) is -3.60. The van der Waals surface area contributed by atoms with Gasteiger partial charge < -0.3 is 5.32 Å². The van der Waals surface area contributed by atoms with Crippen molar-refractivity contribution in [2.45, 2.75) is 61.9 Å². The Morgan fingerprint density at radius 2 is 1.87 bits per heavy atom. The van der Waals surface area contributed by atoms with Crippen LogP contribution in [0.1, 0.15) is 43.2 Å². The Balaban J connectivity index is 1.60. The van der Waals surface area contributed by atoms with Gasteiger partial charge >= 0.3 is 0 Å². The van der Waals surface area contributed by atoms with Gasteiger partial charge in [0, 0.05) is 12.6 Å². The molecular formula is C17H22N2O3S. The van der Waals surface area contributed by atoms with Crippen molar-refractivity contribution in [3.8, 4) is 0 Å². The van der Waals surface area contributed by atoms with Gasteiger partial charge in [-0.15, -0.1) is 0 Å². The van der Waals surface area contributed by atoms with E-state index in [0.29, 0.717) is 17.9 Å². The first-order valence-corrected chi connectivity index (χ1v) is 9.94. The van der Waals surface area contributed by atoms with Crippen LogP contribution in [-0.4, -0.2) is 37.3 Å². The summed E-state index contributed by atoms with van der Waals surface area (Å²) in [6, 6.07) is 5.16. The molecule has 0 radical (unpaired) electrons. The number of carbonyl (C=O) groups is 1. The minimum absolute atomic E-state index is 0.130. The molecule has 1 aliphatic heterocycles. The monoisotopic (exact) mass is 334 g/mol. The van der Waals surface area contributed by atoms with Crippen molar-refractivity contribution in [1.29, 1.82) is 0 Å². The van der Waals surface area contributed by atoms with Crippen molar-refractivity contribution in [2.75, 3.05) is 6.54 Å². The lowest BCUT2D eigenvalue weighted by Gasteiger charge is -2.23. The van der Waals surface area contributed by atoms with Crippen molar-refractivity contribution in [3.63, 3.8) is 0 Å². The van der Waals surface area contributed by atoms with Crippen LogP contribution in [0.5, 0.6) is 0 Å². The maximum Gasteiger partial charge on any atom is 0.243 e. The number of nitrogens with zero attached hydrogens (tertiary/aromatic N) is 1. The SMILES string of the molecule is O=C(NC1CC1)[C@H]1CCCN1S(=O)(=O)c1ccc2c(c1)CCC2. The van der Waals surface area contributed by atoms with Crippen LogP contribution in [0.4, 0.5) is 0 Å². The van der Waals surface area contributed by atoms with Crippen LogP contribution in [0, 0.1) is 0 Å². The lowest BCUT2D eigenvalue weighted by atomic mass is 10.1. The fourth-order valence-electron chi connectivity index (χ4n) is 3.66. The highest BCUT2D eigenvalue weighted by molar-refractivity contribution is 7.89. The Bertz CT molecular complexity index is 740. The summed E-state index contributed by atoms with van der Waals surface area (Å²) in [5.74, 6) is -0.130. The largest absolute Gasteiger partial charge is 0.352 e. The highest BCUT2D eigenvalue weighted by atomic mass is 32.2. The smallest absolute Gasteiger partial charge is 0.243 e. The first-order chi connectivity index (χ1) is 11.1. The minimum atomic E-state index is -3.60. The van der Waals surface area contributed by atoms with Gasteiger partial charge in [0.2, 0.25) is 15.9 Å². The second kappa shape index (κ2) is 5.60. The van der Waals surface area contributed by atoms with Crippen molar-refractivity contribution in [2.24, 2.45) is 0 Å². The topological polar surface area (TPSA) is 66.5 Å². The van der Waals surface area contributed by atoms with Gasteiger partial charge in [0.25, 0.3) is 0 Å². The van der Waals surface area contributed by atoms with E-state index in [2.05, 4.69) is 5.32 Å². The fourth-order valence-corrected chi connectivity index (χ4v) is 5.37. The number of rotatable bonds is 4. The average Bonchev–Trinajstić information content (AvgIpc) is 3.06. The molecule has 0 spiro atoms. The third-order valence-electron chi connectivity index (χ3n) is 5.11. The number of sulfonamides is 1. The van der Waals surface area contributed by atoms with E-state index in [1.165, 1.54) is 9.87 Å². The Labute approximate surface area is 137 Å². The molecule has 1 aromatic rings. The molecule has 124 valence electrons. The number of benzene rings is 1. The number of aryl methyl sites for hydroxylation is 2. The molecule has 1 heterocycles. The molecule has 1 aromatic carbocycles. The number of hydrogen-bond acceptors (Lipinski definition) is 3. The molecule has 1 saturated heterocycles.